The molecule has 2 aromatic carbocycles. The van der Waals surface area contributed by atoms with E-state index in [0.717, 1.165) is 14.9 Å². The SMILES string of the molecule is Cc1ccc(N=Cc2cc(Br)c(Sc3ccc(Cl)cc3)o2)c([N+](=O)[O-])c1. The van der Waals surface area contributed by atoms with Crippen LogP contribution in [0.25, 0.3) is 0 Å². The quantitative estimate of drug-likeness (QED) is 0.243. The molecule has 0 radical (unpaired) electrons. The van der Waals surface area contributed by atoms with E-state index in [-0.39, 0.29) is 11.4 Å². The Balaban J connectivity index is 1.82. The molecule has 0 aliphatic rings. The number of rotatable bonds is 5. The van der Waals surface area contributed by atoms with Crippen LogP contribution in [-0.2, 0) is 0 Å². The van der Waals surface area contributed by atoms with Crippen molar-refractivity contribution in [2.45, 2.75) is 16.9 Å². The number of aliphatic imine (C=N–C) groups is 1. The first-order valence-corrected chi connectivity index (χ1v) is 9.43. The largest absolute Gasteiger partial charge is 0.447 e. The van der Waals surface area contributed by atoms with Gasteiger partial charge in [0.05, 0.1) is 15.6 Å². The van der Waals surface area contributed by atoms with Crippen LogP contribution in [0.1, 0.15) is 11.3 Å². The molecule has 0 aliphatic carbocycles. The van der Waals surface area contributed by atoms with E-state index in [1.54, 1.807) is 37.3 Å². The van der Waals surface area contributed by atoms with E-state index in [1.807, 2.05) is 12.1 Å². The molecule has 5 nitrogen and oxygen atoms in total. The summed E-state index contributed by atoms with van der Waals surface area (Å²) < 4.78 is 6.53. The van der Waals surface area contributed by atoms with Gasteiger partial charge in [-0.1, -0.05) is 29.4 Å². The number of hydrogen-bond acceptors (Lipinski definition) is 5. The van der Waals surface area contributed by atoms with Crippen molar-refractivity contribution in [1.29, 1.82) is 0 Å². The average Bonchev–Trinajstić information content (AvgIpc) is 2.95. The summed E-state index contributed by atoms with van der Waals surface area (Å²) in [6.07, 6.45) is 1.47. The zero-order valence-electron chi connectivity index (χ0n) is 13.5. The summed E-state index contributed by atoms with van der Waals surface area (Å²) in [7, 11) is 0. The molecule has 3 rings (SSSR count). The Morgan fingerprint density at radius 2 is 1.96 bits per heavy atom. The number of aryl methyl sites for hydroxylation is 1. The molecule has 0 saturated carbocycles. The van der Waals surface area contributed by atoms with E-state index < -0.39 is 4.92 Å². The lowest BCUT2D eigenvalue weighted by molar-refractivity contribution is -0.384. The molecule has 0 amide bonds. The highest BCUT2D eigenvalue weighted by Gasteiger charge is 2.14. The molecule has 0 unspecified atom stereocenters. The number of nitro groups is 1. The normalized spacial score (nSPS) is 11.2. The minimum Gasteiger partial charge on any atom is -0.447 e. The second-order valence-electron chi connectivity index (χ2n) is 5.35. The van der Waals surface area contributed by atoms with Crippen molar-refractivity contribution in [3.8, 4) is 0 Å². The molecule has 26 heavy (non-hydrogen) atoms. The van der Waals surface area contributed by atoms with E-state index in [0.29, 0.717) is 15.9 Å². The van der Waals surface area contributed by atoms with E-state index in [1.165, 1.54) is 24.0 Å². The maximum atomic E-state index is 11.2. The predicted molar refractivity (Wildman–Crippen MR) is 107 cm³/mol. The standard InChI is InChI=1S/C18H12BrClN2O3S/c1-11-2-7-16(17(8-11)22(23)24)21-10-13-9-15(19)18(25-13)26-14-5-3-12(20)4-6-14/h2-10H,1H3. The number of nitrogens with zero attached hydrogens (tertiary/aromatic N) is 2. The van der Waals surface area contributed by atoms with Gasteiger partial charge < -0.3 is 4.42 Å². The minimum absolute atomic E-state index is 0.0392. The fourth-order valence-corrected chi connectivity index (χ4v) is 3.59. The third-order valence-corrected chi connectivity index (χ3v) is 5.46. The highest BCUT2D eigenvalue weighted by molar-refractivity contribution is 9.10. The van der Waals surface area contributed by atoms with Crippen LogP contribution >= 0.6 is 39.3 Å². The molecule has 3 aromatic rings. The van der Waals surface area contributed by atoms with Crippen molar-refractivity contribution < 1.29 is 9.34 Å². The van der Waals surface area contributed by atoms with Crippen molar-refractivity contribution in [2.24, 2.45) is 4.99 Å². The van der Waals surface area contributed by atoms with Crippen LogP contribution in [0, 0.1) is 17.0 Å². The molecule has 0 atom stereocenters. The van der Waals surface area contributed by atoms with E-state index in [4.69, 9.17) is 16.0 Å². The van der Waals surface area contributed by atoms with E-state index in [2.05, 4.69) is 20.9 Å². The number of halogens is 2. The van der Waals surface area contributed by atoms with Gasteiger partial charge in [0.25, 0.3) is 5.69 Å². The second-order valence-corrected chi connectivity index (χ2v) is 7.68. The second kappa shape index (κ2) is 8.07. The smallest absolute Gasteiger partial charge is 0.295 e. The zero-order valence-corrected chi connectivity index (χ0v) is 16.6. The Kier molecular flexibility index (Phi) is 5.80. The van der Waals surface area contributed by atoms with Gasteiger partial charge >= 0.3 is 0 Å². The summed E-state index contributed by atoms with van der Waals surface area (Å²) in [4.78, 5) is 15.9. The maximum absolute atomic E-state index is 11.2. The Hall–Kier alpha value is -2.09. The molecule has 0 aliphatic heterocycles. The van der Waals surface area contributed by atoms with Gasteiger partial charge in [-0.3, -0.25) is 10.1 Å². The first kappa shape index (κ1) is 18.7. The van der Waals surface area contributed by atoms with Gasteiger partial charge in [0.2, 0.25) is 0 Å². The fraction of sp³-hybridized carbons (Fsp3) is 0.0556. The van der Waals surface area contributed by atoms with Crippen LogP contribution < -0.4 is 0 Å². The zero-order chi connectivity index (χ0) is 18.7. The van der Waals surface area contributed by atoms with Gasteiger partial charge in [-0.2, -0.15) is 0 Å². The van der Waals surface area contributed by atoms with Gasteiger partial charge in [0.15, 0.2) is 5.09 Å². The monoisotopic (exact) mass is 450 g/mol. The number of furan rings is 1. The molecule has 0 spiro atoms. The molecule has 1 heterocycles. The summed E-state index contributed by atoms with van der Waals surface area (Å²) >= 11 is 10.8. The Morgan fingerprint density at radius 1 is 1.23 bits per heavy atom. The van der Waals surface area contributed by atoms with Crippen molar-refractivity contribution >= 4 is 56.9 Å². The summed E-state index contributed by atoms with van der Waals surface area (Å²) in [6, 6.07) is 14.1. The first-order valence-electron chi connectivity index (χ1n) is 7.44. The highest BCUT2D eigenvalue weighted by atomic mass is 79.9. The lowest BCUT2D eigenvalue weighted by atomic mass is 10.2. The topological polar surface area (TPSA) is 68.6 Å². The Bertz CT molecular complexity index is 987. The van der Waals surface area contributed by atoms with Crippen LogP contribution in [0.4, 0.5) is 11.4 Å². The third kappa shape index (κ3) is 4.55. The van der Waals surface area contributed by atoms with Gasteiger partial charge in [-0.05, 0) is 58.7 Å². The molecule has 1 aromatic heterocycles. The minimum atomic E-state index is -0.445. The molecular formula is C18H12BrClN2O3S. The van der Waals surface area contributed by atoms with Crippen molar-refractivity contribution in [3.63, 3.8) is 0 Å². The van der Waals surface area contributed by atoms with Crippen LogP contribution in [-0.4, -0.2) is 11.1 Å². The van der Waals surface area contributed by atoms with Crippen molar-refractivity contribution in [2.75, 3.05) is 0 Å². The van der Waals surface area contributed by atoms with Crippen LogP contribution in [0.3, 0.4) is 0 Å². The summed E-state index contributed by atoms with van der Waals surface area (Å²) in [6.45, 7) is 1.80. The van der Waals surface area contributed by atoms with E-state index >= 15 is 0 Å². The first-order chi connectivity index (χ1) is 12.4. The van der Waals surface area contributed by atoms with Crippen molar-refractivity contribution in [3.05, 3.63) is 79.5 Å². The predicted octanol–water partition coefficient (Wildman–Crippen LogP) is 6.81. The molecule has 132 valence electrons. The molecule has 0 saturated heterocycles. The lowest BCUT2D eigenvalue weighted by Crippen LogP contribution is -1.89. The molecule has 0 N–H and O–H groups in total. The van der Waals surface area contributed by atoms with Crippen LogP contribution in [0.5, 0.6) is 0 Å². The third-order valence-electron chi connectivity index (χ3n) is 3.36. The van der Waals surface area contributed by atoms with Gasteiger partial charge in [0, 0.05) is 22.1 Å². The Morgan fingerprint density at radius 3 is 2.65 bits per heavy atom. The maximum Gasteiger partial charge on any atom is 0.295 e. The summed E-state index contributed by atoms with van der Waals surface area (Å²) in [5.74, 6) is 0.489. The molecule has 0 bridgehead atoms. The highest BCUT2D eigenvalue weighted by Crippen LogP contribution is 2.36. The summed E-state index contributed by atoms with van der Waals surface area (Å²) in [5, 5.41) is 12.5. The number of nitro benzene ring substituents is 1. The Labute approximate surface area is 167 Å². The number of benzene rings is 2. The molecule has 0 fully saturated rings. The average molecular weight is 452 g/mol. The van der Waals surface area contributed by atoms with Gasteiger partial charge in [-0.15, -0.1) is 0 Å². The van der Waals surface area contributed by atoms with E-state index in [9.17, 15) is 10.1 Å². The molecular weight excluding hydrogens is 440 g/mol. The number of hydrogen-bond donors (Lipinski definition) is 0. The van der Waals surface area contributed by atoms with Crippen LogP contribution in [0.2, 0.25) is 5.02 Å². The van der Waals surface area contributed by atoms with Crippen molar-refractivity contribution in [1.82, 2.24) is 0 Å². The summed E-state index contributed by atoms with van der Waals surface area (Å²) in [5.41, 5.74) is 1.04. The fourth-order valence-electron chi connectivity index (χ4n) is 2.13. The molecule has 8 heteroatoms. The van der Waals surface area contributed by atoms with Crippen LogP contribution in [0.15, 0.2) is 72.4 Å². The van der Waals surface area contributed by atoms with Gasteiger partial charge in [-0.25, -0.2) is 4.99 Å². The lowest BCUT2D eigenvalue weighted by Gasteiger charge is -1.99. The van der Waals surface area contributed by atoms with Gasteiger partial charge in [0.1, 0.15) is 11.4 Å².